The summed E-state index contributed by atoms with van der Waals surface area (Å²) in [6.45, 7) is 2.08. The van der Waals surface area contributed by atoms with E-state index in [4.69, 9.17) is 4.74 Å². The van der Waals surface area contributed by atoms with Crippen molar-refractivity contribution in [2.24, 2.45) is 0 Å². The molecule has 3 rings (SSSR count). The van der Waals surface area contributed by atoms with Crippen molar-refractivity contribution < 1.29 is 4.74 Å². The van der Waals surface area contributed by atoms with Gasteiger partial charge in [0, 0.05) is 4.90 Å². The van der Waals surface area contributed by atoms with Crippen molar-refractivity contribution in [1.82, 2.24) is 0 Å². The van der Waals surface area contributed by atoms with Gasteiger partial charge in [-0.15, -0.1) is 11.8 Å². The van der Waals surface area contributed by atoms with Crippen LogP contribution in [0.4, 0.5) is 0 Å². The van der Waals surface area contributed by atoms with Crippen LogP contribution in [0.2, 0.25) is 0 Å². The van der Waals surface area contributed by atoms with Gasteiger partial charge >= 0.3 is 0 Å². The van der Waals surface area contributed by atoms with Gasteiger partial charge in [0.15, 0.2) is 0 Å². The molecule has 3 heteroatoms. The topological polar surface area (TPSA) is 33.0 Å². The summed E-state index contributed by atoms with van der Waals surface area (Å²) in [5.41, 5.74) is 3.44. The maximum absolute atomic E-state index is 9.42. The second-order valence-corrected chi connectivity index (χ2v) is 6.37. The van der Waals surface area contributed by atoms with Gasteiger partial charge < -0.3 is 4.74 Å². The second kappa shape index (κ2) is 6.24. The highest BCUT2D eigenvalue weighted by molar-refractivity contribution is 7.99. The fraction of sp³-hybridized carbons (Fsp3) is 0.278. The Hall–Kier alpha value is -1.92. The van der Waals surface area contributed by atoms with E-state index in [-0.39, 0.29) is 0 Å². The van der Waals surface area contributed by atoms with Crippen LogP contribution < -0.4 is 4.74 Å². The molecule has 0 aromatic heterocycles. The Balaban J connectivity index is 1.91. The van der Waals surface area contributed by atoms with Gasteiger partial charge in [0.05, 0.1) is 0 Å². The summed E-state index contributed by atoms with van der Waals surface area (Å²) in [5, 5.41) is 9.42. The summed E-state index contributed by atoms with van der Waals surface area (Å²) >= 11 is 1.67. The minimum atomic E-state index is 0.629. The van der Waals surface area contributed by atoms with Crippen molar-refractivity contribution in [3.63, 3.8) is 0 Å². The summed E-state index contributed by atoms with van der Waals surface area (Å²) < 4.78 is 5.98. The van der Waals surface area contributed by atoms with Gasteiger partial charge in [-0.05, 0) is 60.4 Å². The first-order valence-corrected chi connectivity index (χ1v) is 8.26. The SMILES string of the molecule is CCSc1cccc(Oc2ccc3c(c2)CCC3)c1C#N. The molecule has 0 amide bonds. The van der Waals surface area contributed by atoms with Crippen molar-refractivity contribution >= 4 is 11.8 Å². The zero-order valence-corrected chi connectivity index (χ0v) is 12.9. The summed E-state index contributed by atoms with van der Waals surface area (Å²) in [6, 6.07) is 14.3. The van der Waals surface area contributed by atoms with Gasteiger partial charge in [0.2, 0.25) is 0 Å². The van der Waals surface area contributed by atoms with E-state index in [0.717, 1.165) is 22.8 Å². The Morgan fingerprint density at radius 3 is 2.86 bits per heavy atom. The molecule has 0 fully saturated rings. The molecule has 2 aromatic carbocycles. The van der Waals surface area contributed by atoms with Crippen molar-refractivity contribution in [3.05, 3.63) is 53.1 Å². The molecule has 0 heterocycles. The van der Waals surface area contributed by atoms with Crippen molar-refractivity contribution in [1.29, 1.82) is 5.26 Å². The van der Waals surface area contributed by atoms with Crippen LogP contribution in [0.15, 0.2) is 41.3 Å². The van der Waals surface area contributed by atoms with Crippen molar-refractivity contribution in [3.8, 4) is 17.6 Å². The Labute approximate surface area is 129 Å². The average Bonchev–Trinajstić information content (AvgIpc) is 2.95. The van der Waals surface area contributed by atoms with Crippen LogP contribution in [-0.2, 0) is 12.8 Å². The predicted molar refractivity (Wildman–Crippen MR) is 86.1 cm³/mol. The van der Waals surface area contributed by atoms with E-state index in [1.165, 1.54) is 24.0 Å². The number of fused-ring (bicyclic) bond motifs is 1. The minimum absolute atomic E-state index is 0.629. The first-order chi connectivity index (χ1) is 10.3. The largest absolute Gasteiger partial charge is 0.456 e. The Kier molecular flexibility index (Phi) is 4.17. The van der Waals surface area contributed by atoms with Crippen LogP contribution in [0.1, 0.15) is 30.0 Å². The molecule has 0 unspecified atom stereocenters. The molecule has 1 aliphatic rings. The van der Waals surface area contributed by atoms with Crippen molar-refractivity contribution in [2.45, 2.75) is 31.1 Å². The Bertz CT molecular complexity index is 703. The van der Waals surface area contributed by atoms with Crippen LogP contribution in [0, 0.1) is 11.3 Å². The highest BCUT2D eigenvalue weighted by Crippen LogP contribution is 2.34. The highest BCUT2D eigenvalue weighted by atomic mass is 32.2. The van der Waals surface area contributed by atoms with Gasteiger partial charge in [-0.25, -0.2) is 0 Å². The lowest BCUT2D eigenvalue weighted by atomic mass is 10.1. The number of ether oxygens (including phenoxy) is 1. The molecule has 2 aromatic rings. The molecular formula is C18H17NOS. The van der Waals surface area contributed by atoms with Gasteiger partial charge in [-0.1, -0.05) is 19.1 Å². The molecule has 0 saturated carbocycles. The van der Waals surface area contributed by atoms with E-state index < -0.39 is 0 Å². The number of nitrogens with zero attached hydrogens (tertiary/aromatic N) is 1. The molecule has 0 atom stereocenters. The Morgan fingerprint density at radius 2 is 2.05 bits per heavy atom. The number of nitriles is 1. The van der Waals surface area contributed by atoms with E-state index in [1.54, 1.807) is 11.8 Å². The molecule has 2 nitrogen and oxygen atoms in total. The summed E-state index contributed by atoms with van der Waals surface area (Å²) in [5.74, 6) is 2.41. The fourth-order valence-electron chi connectivity index (χ4n) is 2.72. The lowest BCUT2D eigenvalue weighted by Crippen LogP contribution is -1.92. The zero-order valence-electron chi connectivity index (χ0n) is 12.1. The number of aryl methyl sites for hydroxylation is 2. The number of rotatable bonds is 4. The van der Waals surface area contributed by atoms with Gasteiger partial charge in [-0.3, -0.25) is 0 Å². The molecule has 0 radical (unpaired) electrons. The number of hydrogen-bond donors (Lipinski definition) is 0. The molecule has 0 bridgehead atoms. The minimum Gasteiger partial charge on any atom is -0.456 e. The van der Waals surface area contributed by atoms with E-state index in [2.05, 4.69) is 25.1 Å². The second-order valence-electron chi connectivity index (χ2n) is 5.06. The maximum Gasteiger partial charge on any atom is 0.146 e. The third-order valence-corrected chi connectivity index (χ3v) is 4.64. The van der Waals surface area contributed by atoms with Crippen LogP contribution in [0.3, 0.4) is 0 Å². The quantitative estimate of drug-likeness (QED) is 0.748. The molecule has 0 N–H and O–H groups in total. The molecule has 0 spiro atoms. The van der Waals surface area contributed by atoms with Crippen LogP contribution in [0.5, 0.6) is 11.5 Å². The number of benzene rings is 2. The first-order valence-electron chi connectivity index (χ1n) is 7.27. The number of hydrogen-bond acceptors (Lipinski definition) is 3. The third kappa shape index (κ3) is 2.91. The normalized spacial score (nSPS) is 12.8. The summed E-state index contributed by atoms with van der Waals surface area (Å²) in [7, 11) is 0. The van der Waals surface area contributed by atoms with E-state index >= 15 is 0 Å². The molecule has 0 aliphatic heterocycles. The van der Waals surface area contributed by atoms with E-state index in [1.807, 2.05) is 24.3 Å². The molecule has 21 heavy (non-hydrogen) atoms. The average molecular weight is 295 g/mol. The molecule has 1 aliphatic carbocycles. The maximum atomic E-state index is 9.42. The van der Waals surface area contributed by atoms with Gasteiger partial charge in [0.25, 0.3) is 0 Å². The van der Waals surface area contributed by atoms with Crippen LogP contribution in [-0.4, -0.2) is 5.75 Å². The predicted octanol–water partition coefficient (Wildman–Crippen LogP) is 4.95. The lowest BCUT2D eigenvalue weighted by molar-refractivity contribution is 0.479. The monoisotopic (exact) mass is 295 g/mol. The lowest BCUT2D eigenvalue weighted by Gasteiger charge is -2.11. The molecule has 106 valence electrons. The van der Waals surface area contributed by atoms with Crippen LogP contribution in [0.25, 0.3) is 0 Å². The zero-order chi connectivity index (χ0) is 14.7. The third-order valence-electron chi connectivity index (χ3n) is 3.70. The summed E-state index contributed by atoms with van der Waals surface area (Å²) in [6.07, 6.45) is 3.52. The smallest absolute Gasteiger partial charge is 0.146 e. The van der Waals surface area contributed by atoms with Crippen LogP contribution >= 0.6 is 11.8 Å². The van der Waals surface area contributed by atoms with Gasteiger partial charge in [-0.2, -0.15) is 5.26 Å². The Morgan fingerprint density at radius 1 is 1.19 bits per heavy atom. The van der Waals surface area contributed by atoms with Gasteiger partial charge in [0.1, 0.15) is 23.1 Å². The standard InChI is InChI=1S/C18H17NOS/c1-2-21-18-8-4-7-17(16(18)12-19)20-15-10-9-13-5-3-6-14(13)11-15/h4,7-11H,2-3,5-6H2,1H3. The molecular weight excluding hydrogens is 278 g/mol. The first kappa shape index (κ1) is 14.0. The summed E-state index contributed by atoms with van der Waals surface area (Å²) in [4.78, 5) is 0.985. The van der Waals surface area contributed by atoms with E-state index in [9.17, 15) is 5.26 Å². The van der Waals surface area contributed by atoms with E-state index in [0.29, 0.717) is 11.3 Å². The highest BCUT2D eigenvalue weighted by Gasteiger charge is 2.14. The number of thioether (sulfide) groups is 1. The van der Waals surface area contributed by atoms with Crippen molar-refractivity contribution in [2.75, 3.05) is 5.75 Å². The molecule has 0 saturated heterocycles. The fourth-order valence-corrected chi connectivity index (χ4v) is 3.50.